The minimum absolute atomic E-state index is 0.0791. The van der Waals surface area contributed by atoms with E-state index in [2.05, 4.69) is 10.3 Å². The minimum atomic E-state index is -0.692. The van der Waals surface area contributed by atoms with Crippen LogP contribution in [0.2, 0.25) is 0 Å². The molecule has 0 unspecified atom stereocenters. The van der Waals surface area contributed by atoms with Crippen LogP contribution in [0.1, 0.15) is 37.7 Å². The lowest BCUT2D eigenvalue weighted by Gasteiger charge is -2.31. The summed E-state index contributed by atoms with van der Waals surface area (Å²) in [6, 6.07) is 1.90. The number of anilines is 1. The molecule has 1 aromatic heterocycles. The average Bonchev–Trinajstić information content (AvgIpc) is 2.30. The van der Waals surface area contributed by atoms with Gasteiger partial charge in [-0.1, -0.05) is 19.3 Å². The summed E-state index contributed by atoms with van der Waals surface area (Å²) in [5, 5.41) is 2.87. The van der Waals surface area contributed by atoms with Crippen molar-refractivity contribution in [3.05, 3.63) is 24.0 Å². The van der Waals surface area contributed by atoms with Crippen molar-refractivity contribution in [2.24, 2.45) is 5.73 Å². The molecule has 1 saturated carbocycles. The molecule has 1 heterocycles. The van der Waals surface area contributed by atoms with E-state index in [1.165, 1.54) is 6.42 Å². The number of nitrogens with one attached hydrogen (secondary N) is 1. The van der Waals surface area contributed by atoms with Crippen LogP contribution in [0, 0.1) is 6.92 Å². The fraction of sp³-hybridized carbons (Fsp3) is 0.538. The predicted molar refractivity (Wildman–Crippen MR) is 67.6 cm³/mol. The van der Waals surface area contributed by atoms with Gasteiger partial charge in [-0.15, -0.1) is 0 Å². The number of rotatable bonds is 2. The van der Waals surface area contributed by atoms with Gasteiger partial charge in [0, 0.05) is 6.20 Å². The van der Waals surface area contributed by atoms with Gasteiger partial charge < -0.3 is 11.1 Å². The highest BCUT2D eigenvalue weighted by molar-refractivity contribution is 5.97. The van der Waals surface area contributed by atoms with Crippen molar-refractivity contribution in [1.29, 1.82) is 0 Å². The van der Waals surface area contributed by atoms with Crippen LogP contribution >= 0.6 is 0 Å². The summed E-state index contributed by atoms with van der Waals surface area (Å²) >= 11 is 0. The summed E-state index contributed by atoms with van der Waals surface area (Å²) in [5.74, 6) is -0.0791. The Hall–Kier alpha value is -1.42. The van der Waals surface area contributed by atoms with Gasteiger partial charge in [0.25, 0.3) is 0 Å². The smallest absolute Gasteiger partial charge is 0.244 e. The fourth-order valence-corrected chi connectivity index (χ4v) is 2.29. The van der Waals surface area contributed by atoms with Crippen molar-refractivity contribution < 1.29 is 4.79 Å². The first-order valence-corrected chi connectivity index (χ1v) is 6.12. The molecule has 0 spiro atoms. The SMILES string of the molecule is Cc1cncc(NC(=O)C2(N)CCCCC2)c1. The predicted octanol–water partition coefficient (Wildman–Crippen LogP) is 1.99. The van der Waals surface area contributed by atoms with Crippen LogP contribution < -0.4 is 11.1 Å². The van der Waals surface area contributed by atoms with Crippen molar-refractivity contribution >= 4 is 11.6 Å². The van der Waals surface area contributed by atoms with E-state index in [1.807, 2.05) is 13.0 Å². The van der Waals surface area contributed by atoms with Gasteiger partial charge in [-0.3, -0.25) is 9.78 Å². The largest absolute Gasteiger partial charge is 0.323 e. The first kappa shape index (κ1) is 12.0. The third kappa shape index (κ3) is 2.82. The van der Waals surface area contributed by atoms with Gasteiger partial charge in [0.15, 0.2) is 0 Å². The van der Waals surface area contributed by atoms with Gasteiger partial charge in [-0.2, -0.15) is 0 Å². The zero-order valence-corrected chi connectivity index (χ0v) is 10.2. The molecule has 4 heteroatoms. The second-order valence-electron chi connectivity index (χ2n) is 4.92. The van der Waals surface area contributed by atoms with Gasteiger partial charge in [-0.05, 0) is 31.4 Å². The molecule has 1 aliphatic carbocycles. The molecular weight excluding hydrogens is 214 g/mol. The van der Waals surface area contributed by atoms with E-state index >= 15 is 0 Å². The van der Waals surface area contributed by atoms with Crippen molar-refractivity contribution in [2.45, 2.75) is 44.6 Å². The summed E-state index contributed by atoms with van der Waals surface area (Å²) in [6.45, 7) is 1.95. The van der Waals surface area contributed by atoms with Crippen LogP contribution in [0.15, 0.2) is 18.5 Å². The van der Waals surface area contributed by atoms with Crippen molar-refractivity contribution in [2.75, 3.05) is 5.32 Å². The number of aromatic nitrogens is 1. The molecule has 0 radical (unpaired) electrons. The third-order valence-electron chi connectivity index (χ3n) is 3.33. The molecule has 3 N–H and O–H groups in total. The van der Waals surface area contributed by atoms with Gasteiger partial charge in [-0.25, -0.2) is 0 Å². The van der Waals surface area contributed by atoms with Gasteiger partial charge >= 0.3 is 0 Å². The lowest BCUT2D eigenvalue weighted by Crippen LogP contribution is -2.52. The Kier molecular flexibility index (Phi) is 3.43. The summed E-state index contributed by atoms with van der Waals surface area (Å²) in [7, 11) is 0. The van der Waals surface area contributed by atoms with Crippen LogP contribution in [0.3, 0.4) is 0 Å². The summed E-state index contributed by atoms with van der Waals surface area (Å²) in [5.41, 5.74) is 7.22. The normalized spacial score (nSPS) is 18.7. The molecule has 4 nitrogen and oxygen atoms in total. The lowest BCUT2D eigenvalue weighted by atomic mass is 9.82. The van der Waals surface area contributed by atoms with Crippen LogP contribution in [-0.4, -0.2) is 16.4 Å². The monoisotopic (exact) mass is 233 g/mol. The number of pyridine rings is 1. The molecule has 0 aromatic carbocycles. The minimum Gasteiger partial charge on any atom is -0.323 e. The van der Waals surface area contributed by atoms with Crippen LogP contribution in [0.4, 0.5) is 5.69 Å². The van der Waals surface area contributed by atoms with E-state index in [4.69, 9.17) is 5.73 Å². The molecule has 1 amide bonds. The Labute approximate surface area is 102 Å². The number of amides is 1. The summed E-state index contributed by atoms with van der Waals surface area (Å²) < 4.78 is 0. The van der Waals surface area contributed by atoms with E-state index < -0.39 is 5.54 Å². The second-order valence-corrected chi connectivity index (χ2v) is 4.92. The highest BCUT2D eigenvalue weighted by Gasteiger charge is 2.35. The molecule has 1 aliphatic rings. The quantitative estimate of drug-likeness (QED) is 0.820. The topological polar surface area (TPSA) is 68.0 Å². The summed E-state index contributed by atoms with van der Waals surface area (Å²) in [6.07, 6.45) is 8.21. The van der Waals surface area contributed by atoms with Gasteiger partial charge in [0.2, 0.25) is 5.91 Å². The molecule has 1 aromatic rings. The highest BCUT2D eigenvalue weighted by Crippen LogP contribution is 2.27. The van der Waals surface area contributed by atoms with E-state index in [0.29, 0.717) is 0 Å². The average molecular weight is 233 g/mol. The number of carbonyl (C=O) groups is 1. The molecule has 0 aliphatic heterocycles. The fourth-order valence-electron chi connectivity index (χ4n) is 2.29. The van der Waals surface area contributed by atoms with Gasteiger partial charge in [0.1, 0.15) is 0 Å². The number of carbonyl (C=O) groups excluding carboxylic acids is 1. The molecule has 0 saturated heterocycles. The zero-order valence-electron chi connectivity index (χ0n) is 10.2. The molecule has 17 heavy (non-hydrogen) atoms. The molecule has 92 valence electrons. The van der Waals surface area contributed by atoms with Crippen LogP contribution in [-0.2, 0) is 4.79 Å². The highest BCUT2D eigenvalue weighted by atomic mass is 16.2. The van der Waals surface area contributed by atoms with E-state index in [1.54, 1.807) is 12.4 Å². The van der Waals surface area contributed by atoms with Crippen molar-refractivity contribution in [3.8, 4) is 0 Å². The first-order chi connectivity index (χ1) is 8.10. The van der Waals surface area contributed by atoms with Gasteiger partial charge in [0.05, 0.1) is 17.4 Å². The van der Waals surface area contributed by atoms with Crippen LogP contribution in [0.25, 0.3) is 0 Å². The number of nitrogens with zero attached hydrogens (tertiary/aromatic N) is 1. The maximum Gasteiger partial charge on any atom is 0.244 e. The van der Waals surface area contributed by atoms with E-state index in [0.717, 1.165) is 36.9 Å². The van der Waals surface area contributed by atoms with Crippen molar-refractivity contribution in [1.82, 2.24) is 4.98 Å². The molecule has 2 rings (SSSR count). The molecule has 1 fully saturated rings. The first-order valence-electron chi connectivity index (χ1n) is 6.12. The number of hydrogen-bond donors (Lipinski definition) is 2. The Morgan fingerprint density at radius 1 is 1.35 bits per heavy atom. The number of nitrogens with two attached hydrogens (primary N) is 1. The van der Waals surface area contributed by atoms with Crippen LogP contribution in [0.5, 0.6) is 0 Å². The third-order valence-corrected chi connectivity index (χ3v) is 3.33. The Bertz CT molecular complexity index is 411. The second kappa shape index (κ2) is 4.84. The number of hydrogen-bond acceptors (Lipinski definition) is 3. The molecule has 0 bridgehead atoms. The lowest BCUT2D eigenvalue weighted by molar-refractivity contribution is -0.122. The van der Waals surface area contributed by atoms with E-state index in [9.17, 15) is 4.79 Å². The standard InChI is InChI=1S/C13H19N3O/c1-10-7-11(9-15-8-10)16-12(17)13(14)5-3-2-4-6-13/h7-9H,2-6,14H2,1H3,(H,16,17). The number of aryl methyl sites for hydroxylation is 1. The Morgan fingerprint density at radius 2 is 2.06 bits per heavy atom. The maximum atomic E-state index is 12.1. The maximum absolute atomic E-state index is 12.1. The van der Waals surface area contributed by atoms with E-state index in [-0.39, 0.29) is 5.91 Å². The Morgan fingerprint density at radius 3 is 2.71 bits per heavy atom. The Balaban J connectivity index is 2.05. The molecular formula is C13H19N3O. The van der Waals surface area contributed by atoms with Crippen molar-refractivity contribution in [3.63, 3.8) is 0 Å². The molecule has 0 atom stereocenters. The summed E-state index contributed by atoms with van der Waals surface area (Å²) in [4.78, 5) is 16.2. The zero-order chi connectivity index (χ0) is 12.3.